The quantitative estimate of drug-likeness (QED) is 0.669. The molecule has 1 aliphatic rings. The summed E-state index contributed by atoms with van der Waals surface area (Å²) in [5.41, 5.74) is 1.65. The maximum atomic E-state index is 13.1. The van der Waals surface area contributed by atoms with Gasteiger partial charge in [-0.2, -0.15) is 4.31 Å². The van der Waals surface area contributed by atoms with E-state index in [0.29, 0.717) is 26.2 Å². The first-order valence-electron chi connectivity index (χ1n) is 8.41. The number of piperazine rings is 1. The molecule has 0 unspecified atom stereocenters. The summed E-state index contributed by atoms with van der Waals surface area (Å²) >= 11 is 1.50. The minimum Gasteiger partial charge on any atom is -0.345 e. The predicted molar refractivity (Wildman–Crippen MR) is 103 cm³/mol. The van der Waals surface area contributed by atoms with E-state index in [1.54, 1.807) is 30.5 Å². The van der Waals surface area contributed by atoms with Crippen molar-refractivity contribution in [2.24, 2.45) is 0 Å². The monoisotopic (exact) mass is 404 g/mol. The Morgan fingerprint density at radius 1 is 1.04 bits per heavy atom. The lowest BCUT2D eigenvalue weighted by Crippen LogP contribution is -2.48. The molecule has 140 valence electrons. The Bertz CT molecular complexity index is 1020. The van der Waals surface area contributed by atoms with Crippen molar-refractivity contribution in [2.45, 2.75) is 4.90 Å². The molecule has 0 atom stereocenters. The smallest absolute Gasteiger partial charge is 0.244 e. The van der Waals surface area contributed by atoms with E-state index in [4.69, 9.17) is 0 Å². The van der Waals surface area contributed by atoms with Crippen LogP contribution in [0.25, 0.3) is 11.3 Å². The zero-order valence-electron chi connectivity index (χ0n) is 14.3. The van der Waals surface area contributed by atoms with Gasteiger partial charge < -0.3 is 4.90 Å². The molecule has 1 aromatic carbocycles. The molecule has 0 saturated carbocycles. The van der Waals surface area contributed by atoms with Crippen LogP contribution in [0.4, 0.5) is 9.52 Å². The highest BCUT2D eigenvalue weighted by atomic mass is 32.2. The topological polar surface area (TPSA) is 66.4 Å². The van der Waals surface area contributed by atoms with Gasteiger partial charge in [0.05, 0.1) is 5.69 Å². The van der Waals surface area contributed by atoms with Crippen molar-refractivity contribution >= 4 is 26.5 Å². The molecule has 1 saturated heterocycles. The Labute approximate surface area is 161 Å². The highest BCUT2D eigenvalue weighted by Gasteiger charge is 2.29. The van der Waals surface area contributed by atoms with Gasteiger partial charge in [0, 0.05) is 49.5 Å². The van der Waals surface area contributed by atoms with Gasteiger partial charge in [-0.25, -0.2) is 17.8 Å². The van der Waals surface area contributed by atoms with Crippen LogP contribution in [0.1, 0.15) is 0 Å². The lowest BCUT2D eigenvalue weighted by Gasteiger charge is -2.33. The van der Waals surface area contributed by atoms with Crippen molar-refractivity contribution < 1.29 is 12.8 Å². The van der Waals surface area contributed by atoms with E-state index in [-0.39, 0.29) is 10.7 Å². The van der Waals surface area contributed by atoms with Crippen LogP contribution in [-0.4, -0.2) is 48.9 Å². The van der Waals surface area contributed by atoms with Gasteiger partial charge in [-0.3, -0.25) is 4.98 Å². The van der Waals surface area contributed by atoms with Crippen LogP contribution in [0, 0.1) is 5.82 Å². The number of halogens is 1. The summed E-state index contributed by atoms with van der Waals surface area (Å²) in [6.07, 6.45) is 2.93. The van der Waals surface area contributed by atoms with Gasteiger partial charge >= 0.3 is 0 Å². The van der Waals surface area contributed by atoms with E-state index in [1.165, 1.54) is 34.0 Å². The van der Waals surface area contributed by atoms with Gasteiger partial charge in [-0.1, -0.05) is 0 Å². The van der Waals surface area contributed by atoms with Crippen LogP contribution in [0.3, 0.4) is 0 Å². The second kappa shape index (κ2) is 7.34. The molecule has 9 heteroatoms. The lowest BCUT2D eigenvalue weighted by molar-refractivity contribution is 0.384. The SMILES string of the molecule is O=S(=O)(c1cccnc1)N1CCN(c2nc(-c3ccc(F)cc3)cs2)CC1. The average Bonchev–Trinajstić information content (AvgIpc) is 3.19. The van der Waals surface area contributed by atoms with Gasteiger partial charge in [0.2, 0.25) is 10.0 Å². The standard InChI is InChI=1S/C18H17FN4O2S2/c19-15-5-3-14(4-6-15)17-13-26-18(21-17)22-8-10-23(11-9-22)27(24,25)16-2-1-7-20-12-16/h1-7,12-13H,8-11H2. The maximum absolute atomic E-state index is 13.1. The number of hydrogen-bond acceptors (Lipinski definition) is 6. The first kappa shape index (κ1) is 18.0. The van der Waals surface area contributed by atoms with Crippen molar-refractivity contribution in [1.29, 1.82) is 0 Å². The second-order valence-electron chi connectivity index (χ2n) is 6.10. The molecule has 1 fully saturated rings. The average molecular weight is 404 g/mol. The van der Waals surface area contributed by atoms with Crippen molar-refractivity contribution in [3.8, 4) is 11.3 Å². The van der Waals surface area contributed by atoms with Gasteiger partial charge in [0.15, 0.2) is 5.13 Å². The first-order valence-corrected chi connectivity index (χ1v) is 10.7. The van der Waals surface area contributed by atoms with Gasteiger partial charge in [-0.05, 0) is 36.4 Å². The summed E-state index contributed by atoms with van der Waals surface area (Å²) in [5, 5.41) is 2.77. The third-order valence-corrected chi connectivity index (χ3v) is 7.20. The number of aromatic nitrogens is 2. The summed E-state index contributed by atoms with van der Waals surface area (Å²) < 4.78 is 39.9. The van der Waals surface area contributed by atoms with E-state index in [1.807, 2.05) is 5.38 Å². The number of rotatable bonds is 4. The number of benzene rings is 1. The van der Waals surface area contributed by atoms with Crippen molar-refractivity contribution in [3.05, 3.63) is 60.0 Å². The third kappa shape index (κ3) is 3.71. The zero-order valence-corrected chi connectivity index (χ0v) is 16.0. The van der Waals surface area contributed by atoms with Crippen molar-refractivity contribution in [2.75, 3.05) is 31.1 Å². The van der Waals surface area contributed by atoms with Crippen LogP contribution >= 0.6 is 11.3 Å². The molecule has 0 spiro atoms. The Morgan fingerprint density at radius 2 is 1.78 bits per heavy atom. The Hall–Kier alpha value is -2.36. The van der Waals surface area contributed by atoms with Crippen molar-refractivity contribution in [3.63, 3.8) is 0 Å². The normalized spacial score (nSPS) is 15.8. The van der Waals surface area contributed by atoms with Crippen LogP contribution in [-0.2, 0) is 10.0 Å². The van der Waals surface area contributed by atoms with E-state index in [0.717, 1.165) is 16.4 Å². The first-order chi connectivity index (χ1) is 13.0. The molecule has 27 heavy (non-hydrogen) atoms. The second-order valence-corrected chi connectivity index (χ2v) is 8.88. The number of thiazole rings is 1. The molecule has 6 nitrogen and oxygen atoms in total. The fourth-order valence-electron chi connectivity index (χ4n) is 2.93. The Morgan fingerprint density at radius 3 is 2.44 bits per heavy atom. The van der Waals surface area contributed by atoms with Gasteiger partial charge in [0.1, 0.15) is 10.7 Å². The molecule has 4 rings (SSSR count). The van der Waals surface area contributed by atoms with Crippen LogP contribution < -0.4 is 4.90 Å². The molecule has 0 bridgehead atoms. The fourth-order valence-corrected chi connectivity index (χ4v) is 5.21. The number of hydrogen-bond donors (Lipinski definition) is 0. The summed E-state index contributed by atoms with van der Waals surface area (Å²) in [5.74, 6) is -0.278. The van der Waals surface area contributed by atoms with E-state index in [9.17, 15) is 12.8 Å². The van der Waals surface area contributed by atoms with E-state index < -0.39 is 10.0 Å². The molecule has 1 aliphatic heterocycles. The minimum absolute atomic E-state index is 0.214. The molecular formula is C18H17FN4O2S2. The molecular weight excluding hydrogens is 387 g/mol. The highest BCUT2D eigenvalue weighted by molar-refractivity contribution is 7.89. The van der Waals surface area contributed by atoms with E-state index in [2.05, 4.69) is 14.9 Å². The number of nitrogens with zero attached hydrogens (tertiary/aromatic N) is 4. The summed E-state index contributed by atoms with van der Waals surface area (Å²) in [7, 11) is -3.52. The zero-order chi connectivity index (χ0) is 18.9. The van der Waals surface area contributed by atoms with Crippen LogP contribution in [0.5, 0.6) is 0 Å². The van der Waals surface area contributed by atoms with Gasteiger partial charge in [-0.15, -0.1) is 11.3 Å². The van der Waals surface area contributed by atoms with Crippen LogP contribution in [0.15, 0.2) is 59.1 Å². The Balaban J connectivity index is 1.45. The fraction of sp³-hybridized carbons (Fsp3) is 0.222. The molecule has 0 amide bonds. The summed E-state index contributed by atoms with van der Waals surface area (Å²) in [4.78, 5) is 10.8. The lowest BCUT2D eigenvalue weighted by atomic mass is 10.2. The largest absolute Gasteiger partial charge is 0.345 e. The summed E-state index contributed by atoms with van der Waals surface area (Å²) in [6.45, 7) is 1.91. The molecule has 2 aromatic heterocycles. The summed E-state index contributed by atoms with van der Waals surface area (Å²) in [6, 6.07) is 9.41. The molecule has 0 N–H and O–H groups in total. The van der Waals surface area contributed by atoms with Crippen LogP contribution in [0.2, 0.25) is 0 Å². The third-order valence-electron chi connectivity index (χ3n) is 4.41. The number of pyridine rings is 1. The molecule has 0 aliphatic carbocycles. The predicted octanol–water partition coefficient (Wildman–Crippen LogP) is 2.86. The number of sulfonamides is 1. The maximum Gasteiger partial charge on any atom is 0.244 e. The van der Waals surface area contributed by atoms with Crippen molar-refractivity contribution in [1.82, 2.24) is 14.3 Å². The Kier molecular flexibility index (Phi) is 4.90. The number of anilines is 1. The highest BCUT2D eigenvalue weighted by Crippen LogP contribution is 2.29. The molecule has 0 radical (unpaired) electrons. The van der Waals surface area contributed by atoms with E-state index >= 15 is 0 Å². The van der Waals surface area contributed by atoms with Gasteiger partial charge in [0.25, 0.3) is 0 Å². The minimum atomic E-state index is -3.52. The molecule has 3 aromatic rings. The molecule has 3 heterocycles.